The number of carbonyl (C=O) groups is 4. The number of aliphatic carboxylic acids is 4. The Bertz CT molecular complexity index is 1200. The third-order valence-electron chi connectivity index (χ3n) is 6.51. The van der Waals surface area contributed by atoms with Crippen LogP contribution in [0.15, 0.2) is 70.5 Å². The Morgan fingerprint density at radius 1 is 0.846 bits per heavy atom. The smallest absolute Gasteiger partial charge is 0.328 e. The van der Waals surface area contributed by atoms with Crippen LogP contribution in [0.3, 0.4) is 0 Å². The second-order valence-electron chi connectivity index (χ2n) is 9.22. The lowest BCUT2D eigenvalue weighted by Crippen LogP contribution is -3.09. The highest BCUT2D eigenvalue weighted by atomic mass is 16.4. The standard InChI is InChI=1S/C20H25N3.2C4H4O4/c1-14-21-20-18(23(14)3)9-8-15-6-4-5-7-17(15)19(20)16-10-12-22(2)13-11-16;2*5-3(6)1-2-4(7)8/h4-7H,8-13H2,1-3H3;2*1-2H,(H,5,6)(H,7,8)/b;2*2-1+. The average Bonchev–Trinajstić information content (AvgIpc) is 3.05. The number of carbonyl (C=O) groups excluding carboxylic acids is 2. The van der Waals surface area contributed by atoms with Crippen LogP contribution in [-0.4, -0.2) is 67.1 Å². The lowest BCUT2D eigenvalue weighted by Gasteiger charge is -2.24. The van der Waals surface area contributed by atoms with E-state index in [2.05, 4.69) is 45.3 Å². The van der Waals surface area contributed by atoms with E-state index in [9.17, 15) is 29.4 Å². The van der Waals surface area contributed by atoms with Crippen molar-refractivity contribution in [2.75, 3.05) is 27.2 Å². The van der Waals surface area contributed by atoms with Gasteiger partial charge in [-0.1, -0.05) is 24.3 Å². The molecule has 0 saturated carbocycles. The van der Waals surface area contributed by atoms with Crippen molar-refractivity contribution in [3.63, 3.8) is 0 Å². The molecule has 0 spiro atoms. The lowest BCUT2D eigenvalue weighted by atomic mass is 9.89. The fraction of sp³-hybridized carbons (Fsp3) is 0.321. The van der Waals surface area contributed by atoms with Gasteiger partial charge in [-0.05, 0) is 35.3 Å². The van der Waals surface area contributed by atoms with Gasteiger partial charge in [0.2, 0.25) is 5.84 Å². The number of carboxylic acid groups (broad SMARTS) is 4. The Morgan fingerprint density at radius 2 is 1.38 bits per heavy atom. The number of amidine groups is 1. The summed E-state index contributed by atoms with van der Waals surface area (Å²) in [4.78, 5) is 46.0. The molecule has 4 N–H and O–H groups in total. The van der Waals surface area contributed by atoms with Crippen LogP contribution < -0.4 is 20.0 Å². The number of nitrogens with one attached hydrogen (secondary N) is 2. The number of nitrogens with zero attached hydrogens (tertiary/aromatic N) is 1. The van der Waals surface area contributed by atoms with Crippen molar-refractivity contribution in [2.45, 2.75) is 32.6 Å². The first-order chi connectivity index (χ1) is 18.4. The van der Waals surface area contributed by atoms with Crippen LogP contribution in [0.2, 0.25) is 0 Å². The minimum absolute atomic E-state index is 0.447. The van der Waals surface area contributed by atoms with E-state index >= 15 is 0 Å². The zero-order valence-electron chi connectivity index (χ0n) is 22.2. The highest BCUT2D eigenvalue weighted by molar-refractivity contribution is 5.90. The summed E-state index contributed by atoms with van der Waals surface area (Å²) < 4.78 is 0. The van der Waals surface area contributed by atoms with Crippen LogP contribution in [0.4, 0.5) is 0 Å². The van der Waals surface area contributed by atoms with E-state index in [0.29, 0.717) is 24.3 Å². The summed E-state index contributed by atoms with van der Waals surface area (Å²) in [6.07, 6.45) is 6.56. The number of aliphatic imine (C=N–C) groups is 1. The first-order valence-corrected chi connectivity index (χ1v) is 12.4. The van der Waals surface area contributed by atoms with Crippen molar-refractivity contribution >= 4 is 35.3 Å². The molecule has 0 bridgehead atoms. The molecule has 1 unspecified atom stereocenters. The minimum Gasteiger partial charge on any atom is -0.545 e. The molecule has 1 fully saturated rings. The molecule has 11 heteroatoms. The summed E-state index contributed by atoms with van der Waals surface area (Å²) in [5.41, 5.74) is 8.82. The molecule has 2 aliphatic heterocycles. The Morgan fingerprint density at radius 3 is 1.87 bits per heavy atom. The summed E-state index contributed by atoms with van der Waals surface area (Å²) in [6, 6.07) is 9.00. The molecular formula is C28H33N3O8. The number of allylic oxidation sites excluding steroid dienone is 2. The first kappa shape index (κ1) is 30.9. The summed E-state index contributed by atoms with van der Waals surface area (Å²) in [7, 11) is 4.56. The molecule has 1 aromatic rings. The fourth-order valence-corrected chi connectivity index (χ4v) is 4.46. The van der Waals surface area contributed by atoms with Gasteiger partial charge in [-0.3, -0.25) is 4.90 Å². The van der Waals surface area contributed by atoms with Gasteiger partial charge in [-0.25, -0.2) is 9.59 Å². The van der Waals surface area contributed by atoms with E-state index in [1.54, 1.807) is 10.5 Å². The molecule has 1 aromatic carbocycles. The second-order valence-corrected chi connectivity index (χ2v) is 9.22. The highest BCUT2D eigenvalue weighted by Gasteiger charge is 2.34. The highest BCUT2D eigenvalue weighted by Crippen LogP contribution is 2.38. The molecule has 2 heterocycles. The maximum Gasteiger partial charge on any atom is 0.328 e. The number of quaternary nitrogens is 2. The minimum atomic E-state index is -1.51. The largest absolute Gasteiger partial charge is 0.545 e. The van der Waals surface area contributed by atoms with E-state index in [0.717, 1.165) is 12.8 Å². The van der Waals surface area contributed by atoms with Crippen molar-refractivity contribution in [1.82, 2.24) is 0 Å². The van der Waals surface area contributed by atoms with Crippen molar-refractivity contribution in [3.05, 3.63) is 76.7 Å². The lowest BCUT2D eigenvalue weighted by molar-refractivity contribution is -0.882. The van der Waals surface area contributed by atoms with E-state index < -0.39 is 23.9 Å². The Hall–Kier alpha value is -4.35. The number of hydrogen-bond acceptors (Lipinski definition) is 7. The van der Waals surface area contributed by atoms with E-state index in [-0.39, 0.29) is 0 Å². The molecule has 11 nitrogen and oxygen atoms in total. The topological polar surface area (TPSA) is 176 Å². The van der Waals surface area contributed by atoms with E-state index in [4.69, 9.17) is 15.2 Å². The number of carboxylic acids is 4. The van der Waals surface area contributed by atoms with Gasteiger partial charge in [0.1, 0.15) is 11.4 Å². The molecule has 1 aliphatic carbocycles. The van der Waals surface area contributed by atoms with Crippen molar-refractivity contribution in [3.8, 4) is 0 Å². The molecule has 3 aliphatic rings. The van der Waals surface area contributed by atoms with Gasteiger partial charge in [0.25, 0.3) is 0 Å². The molecule has 4 rings (SSSR count). The van der Waals surface area contributed by atoms with Crippen molar-refractivity contribution in [1.29, 1.82) is 0 Å². The molecule has 0 amide bonds. The number of hydrogen-bond donors (Lipinski definition) is 4. The number of likely N-dealkylation sites (tertiary alicyclic amines) is 1. The number of piperidine rings is 1. The molecule has 39 heavy (non-hydrogen) atoms. The van der Waals surface area contributed by atoms with E-state index in [1.807, 2.05) is 0 Å². The molecule has 208 valence electrons. The predicted octanol–water partition coefficient (Wildman–Crippen LogP) is -2.39. The Balaban J connectivity index is 0.000000277. The summed E-state index contributed by atoms with van der Waals surface area (Å²) in [5, 5.41) is 34.5. The zero-order chi connectivity index (χ0) is 29.1. The fourth-order valence-electron chi connectivity index (χ4n) is 4.46. The normalized spacial score (nSPS) is 20.1. The maximum absolute atomic E-state index is 9.53. The van der Waals surface area contributed by atoms with Gasteiger partial charge in [-0.15, -0.1) is 0 Å². The molecular weight excluding hydrogens is 506 g/mol. The third kappa shape index (κ3) is 9.47. The first-order valence-electron chi connectivity index (χ1n) is 12.4. The summed E-state index contributed by atoms with van der Waals surface area (Å²) >= 11 is 0. The monoisotopic (exact) mass is 539 g/mol. The molecule has 1 saturated heterocycles. The van der Waals surface area contributed by atoms with Crippen LogP contribution in [0.1, 0.15) is 37.3 Å². The van der Waals surface area contributed by atoms with Crippen LogP contribution in [-0.2, 0) is 25.6 Å². The van der Waals surface area contributed by atoms with Gasteiger partial charge in [0.15, 0.2) is 0 Å². The molecule has 0 aromatic heterocycles. The van der Waals surface area contributed by atoms with Gasteiger partial charge < -0.3 is 34.9 Å². The zero-order valence-corrected chi connectivity index (χ0v) is 22.2. The number of fused-ring (bicyclic) bond motifs is 1. The Labute approximate surface area is 226 Å². The van der Waals surface area contributed by atoms with Gasteiger partial charge >= 0.3 is 11.9 Å². The van der Waals surface area contributed by atoms with Gasteiger partial charge in [0.05, 0.1) is 39.1 Å². The summed E-state index contributed by atoms with van der Waals surface area (Å²) in [5.74, 6) is -4.39. The third-order valence-corrected chi connectivity index (χ3v) is 6.51. The van der Waals surface area contributed by atoms with Gasteiger partial charge in [0, 0.05) is 43.9 Å². The number of rotatable bonds is 4. The van der Waals surface area contributed by atoms with Crippen LogP contribution >= 0.6 is 0 Å². The molecule has 0 radical (unpaired) electrons. The van der Waals surface area contributed by atoms with Crippen LogP contribution in [0, 0.1) is 0 Å². The second kappa shape index (κ2) is 14.6. The molecule has 1 atom stereocenters. The summed E-state index contributed by atoms with van der Waals surface area (Å²) in [6.45, 7) is 4.65. The maximum atomic E-state index is 9.53. The average molecular weight is 540 g/mol. The van der Waals surface area contributed by atoms with Crippen LogP contribution in [0.25, 0.3) is 5.57 Å². The number of aryl methyl sites for hydroxylation is 1. The quantitative estimate of drug-likeness (QED) is 0.306. The predicted molar refractivity (Wildman–Crippen MR) is 138 cm³/mol. The van der Waals surface area contributed by atoms with Crippen molar-refractivity contribution in [2.24, 2.45) is 4.99 Å². The SMILES string of the molecule is CC1=NC2=C(CCc3ccccc3C2=C2CC[NH+](C)CC2)[NH+]1C.O=C([O-])/C=C/C(=O)O.O=C([O-])/C=C/C(=O)O. The van der Waals surface area contributed by atoms with Crippen molar-refractivity contribution < 1.29 is 49.4 Å². The number of benzene rings is 1. The Kier molecular flexibility index (Phi) is 11.5. The van der Waals surface area contributed by atoms with E-state index in [1.165, 1.54) is 64.8 Å². The van der Waals surface area contributed by atoms with Gasteiger partial charge in [-0.2, -0.15) is 4.99 Å². The van der Waals surface area contributed by atoms with Crippen LogP contribution in [0.5, 0.6) is 0 Å².